The minimum absolute atomic E-state index is 0.0875. The van der Waals surface area contributed by atoms with E-state index in [-0.39, 0.29) is 18.4 Å². The van der Waals surface area contributed by atoms with E-state index in [4.69, 9.17) is 5.11 Å². The first-order valence-corrected chi connectivity index (χ1v) is 7.20. The Morgan fingerprint density at radius 2 is 2.21 bits per heavy atom. The van der Waals surface area contributed by atoms with Crippen LogP contribution < -0.4 is 5.32 Å². The number of carbonyl (C=O) groups excluding carboxylic acids is 1. The fourth-order valence-electron chi connectivity index (χ4n) is 2.53. The van der Waals surface area contributed by atoms with Crippen LogP contribution in [0.2, 0.25) is 0 Å². The highest BCUT2D eigenvalue weighted by Gasteiger charge is 2.32. The number of hydrogen-bond acceptors (Lipinski definition) is 4. The van der Waals surface area contributed by atoms with Gasteiger partial charge in [0, 0.05) is 23.9 Å². The van der Waals surface area contributed by atoms with E-state index >= 15 is 0 Å². The molecule has 0 bridgehead atoms. The van der Waals surface area contributed by atoms with Crippen LogP contribution in [0.1, 0.15) is 23.4 Å². The topological polar surface area (TPSA) is 82.5 Å². The van der Waals surface area contributed by atoms with Crippen molar-refractivity contribution in [3.8, 4) is 0 Å². The molecule has 0 unspecified atom stereocenters. The Morgan fingerprint density at radius 1 is 1.42 bits per heavy atom. The number of aryl methyl sites for hydroxylation is 2. The minimum Gasteiger partial charge on any atom is -0.481 e. The predicted octanol–water partition coefficient (Wildman–Crippen LogP) is 1.57. The highest BCUT2D eigenvalue weighted by molar-refractivity contribution is 7.15. The number of aromatic nitrogens is 1. The van der Waals surface area contributed by atoms with Crippen molar-refractivity contribution in [3.05, 3.63) is 10.6 Å². The van der Waals surface area contributed by atoms with Crippen LogP contribution in [-0.2, 0) is 17.6 Å². The number of nitrogens with one attached hydrogen (secondary N) is 1. The summed E-state index contributed by atoms with van der Waals surface area (Å²) in [6.07, 6.45) is 3.36. The first kappa shape index (κ1) is 12.4. The van der Waals surface area contributed by atoms with Crippen molar-refractivity contribution < 1.29 is 14.7 Å². The number of thiazole rings is 1. The Kier molecular flexibility index (Phi) is 3.14. The van der Waals surface area contributed by atoms with Crippen molar-refractivity contribution in [3.63, 3.8) is 0 Å². The lowest BCUT2D eigenvalue weighted by atomic mass is 9.97. The normalized spacial score (nSPS) is 18.0. The van der Waals surface area contributed by atoms with E-state index in [1.54, 1.807) is 16.2 Å². The van der Waals surface area contributed by atoms with Gasteiger partial charge in [0.05, 0.1) is 12.1 Å². The van der Waals surface area contributed by atoms with Gasteiger partial charge in [-0.05, 0) is 19.3 Å². The lowest BCUT2D eigenvalue weighted by Gasteiger charge is -2.38. The zero-order valence-corrected chi connectivity index (χ0v) is 11.2. The third kappa shape index (κ3) is 2.56. The van der Waals surface area contributed by atoms with Crippen LogP contribution in [0.4, 0.5) is 9.93 Å². The summed E-state index contributed by atoms with van der Waals surface area (Å²) in [5, 5.41) is 12.1. The molecule has 1 fully saturated rings. The van der Waals surface area contributed by atoms with Crippen LogP contribution in [0.5, 0.6) is 0 Å². The van der Waals surface area contributed by atoms with Crippen LogP contribution in [0.25, 0.3) is 0 Å². The first-order valence-electron chi connectivity index (χ1n) is 6.38. The number of aliphatic carboxylic acids is 1. The number of hydrogen-bond donors (Lipinski definition) is 2. The third-order valence-electron chi connectivity index (χ3n) is 3.52. The minimum atomic E-state index is -0.804. The molecule has 2 N–H and O–H groups in total. The first-order chi connectivity index (χ1) is 9.11. The number of rotatable bonds is 3. The second kappa shape index (κ2) is 4.80. The van der Waals surface area contributed by atoms with Gasteiger partial charge in [0.2, 0.25) is 0 Å². The Bertz CT molecular complexity index is 501. The number of likely N-dealkylation sites (tertiary alicyclic amines) is 1. The molecule has 0 saturated carbocycles. The molecule has 1 aliphatic heterocycles. The van der Waals surface area contributed by atoms with Gasteiger partial charge in [-0.25, -0.2) is 9.78 Å². The number of carbonyl (C=O) groups is 2. The molecule has 0 aromatic carbocycles. The van der Waals surface area contributed by atoms with Crippen molar-refractivity contribution in [2.75, 3.05) is 18.4 Å². The SMILES string of the molecule is O=C(O)CC1CN(C(=O)Nc2nc3c(s2)CCC3)C1. The van der Waals surface area contributed by atoms with E-state index in [1.165, 1.54) is 4.88 Å². The molecular formula is C12H15N3O3S. The van der Waals surface area contributed by atoms with Gasteiger partial charge < -0.3 is 10.0 Å². The van der Waals surface area contributed by atoms with Crippen LogP contribution in [0.15, 0.2) is 0 Å². The number of anilines is 1. The number of carboxylic acids is 1. The van der Waals surface area contributed by atoms with Crippen molar-refractivity contribution in [1.29, 1.82) is 0 Å². The molecule has 102 valence electrons. The number of urea groups is 1. The van der Waals surface area contributed by atoms with E-state index < -0.39 is 5.97 Å². The highest BCUT2D eigenvalue weighted by Crippen LogP contribution is 2.31. The molecular weight excluding hydrogens is 266 g/mol. The van der Waals surface area contributed by atoms with Gasteiger partial charge in [-0.1, -0.05) is 0 Å². The van der Waals surface area contributed by atoms with Crippen molar-refractivity contribution >= 4 is 28.5 Å². The smallest absolute Gasteiger partial charge is 0.323 e. The fourth-order valence-corrected chi connectivity index (χ4v) is 3.57. The van der Waals surface area contributed by atoms with Crippen LogP contribution in [0, 0.1) is 5.92 Å². The second-order valence-corrected chi connectivity index (χ2v) is 6.13. The summed E-state index contributed by atoms with van der Waals surface area (Å²) in [6, 6.07) is -0.172. The standard InChI is InChI=1S/C12H15N3O3S/c16-10(17)4-7-5-15(6-7)12(18)14-11-13-8-2-1-3-9(8)19-11/h7H,1-6H2,(H,16,17)(H,13,14,18). The third-order valence-corrected chi connectivity index (χ3v) is 4.59. The summed E-state index contributed by atoms with van der Waals surface area (Å²) in [6.45, 7) is 1.03. The second-order valence-electron chi connectivity index (χ2n) is 5.04. The zero-order chi connectivity index (χ0) is 13.4. The predicted molar refractivity (Wildman–Crippen MR) is 70.5 cm³/mol. The molecule has 0 radical (unpaired) electrons. The molecule has 0 atom stereocenters. The van der Waals surface area contributed by atoms with E-state index in [9.17, 15) is 9.59 Å². The van der Waals surface area contributed by atoms with Gasteiger partial charge in [-0.15, -0.1) is 11.3 Å². The molecule has 6 nitrogen and oxygen atoms in total. The lowest BCUT2D eigenvalue weighted by Crippen LogP contribution is -2.52. The Morgan fingerprint density at radius 3 is 2.89 bits per heavy atom. The molecule has 2 aliphatic rings. The summed E-state index contributed by atoms with van der Waals surface area (Å²) in [5.74, 6) is -0.717. The number of amides is 2. The molecule has 1 aromatic heterocycles. The van der Waals surface area contributed by atoms with Gasteiger partial charge >= 0.3 is 12.0 Å². The van der Waals surface area contributed by atoms with E-state index in [0.717, 1.165) is 25.0 Å². The molecule has 2 heterocycles. The lowest BCUT2D eigenvalue weighted by molar-refractivity contribution is -0.139. The molecule has 19 heavy (non-hydrogen) atoms. The van der Waals surface area contributed by atoms with E-state index in [1.807, 2.05) is 0 Å². The quantitative estimate of drug-likeness (QED) is 0.881. The summed E-state index contributed by atoms with van der Waals surface area (Å²) in [5.41, 5.74) is 1.12. The molecule has 2 amide bonds. The molecule has 0 spiro atoms. The summed E-state index contributed by atoms with van der Waals surface area (Å²) < 4.78 is 0. The van der Waals surface area contributed by atoms with Gasteiger partial charge in [0.25, 0.3) is 0 Å². The van der Waals surface area contributed by atoms with Crippen molar-refractivity contribution in [2.45, 2.75) is 25.7 Å². The molecule has 1 aromatic rings. The average Bonchev–Trinajstić information content (AvgIpc) is 2.82. The zero-order valence-electron chi connectivity index (χ0n) is 10.4. The van der Waals surface area contributed by atoms with Crippen molar-refractivity contribution in [2.24, 2.45) is 5.92 Å². The van der Waals surface area contributed by atoms with Crippen LogP contribution in [0.3, 0.4) is 0 Å². The molecule has 3 rings (SSSR count). The largest absolute Gasteiger partial charge is 0.481 e. The van der Waals surface area contributed by atoms with Crippen molar-refractivity contribution in [1.82, 2.24) is 9.88 Å². The Labute approximate surface area is 114 Å². The number of nitrogens with zero attached hydrogens (tertiary/aromatic N) is 2. The highest BCUT2D eigenvalue weighted by atomic mass is 32.1. The Hall–Kier alpha value is -1.63. The molecule has 1 saturated heterocycles. The maximum absolute atomic E-state index is 11.9. The molecule has 1 aliphatic carbocycles. The van der Waals surface area contributed by atoms with Crippen LogP contribution in [-0.4, -0.2) is 40.1 Å². The van der Waals surface area contributed by atoms with Gasteiger partial charge in [-0.3, -0.25) is 10.1 Å². The van der Waals surface area contributed by atoms with E-state index in [0.29, 0.717) is 18.2 Å². The monoisotopic (exact) mass is 281 g/mol. The van der Waals surface area contributed by atoms with Crippen LogP contribution >= 0.6 is 11.3 Å². The fraction of sp³-hybridized carbons (Fsp3) is 0.583. The summed E-state index contributed by atoms with van der Waals surface area (Å²) in [7, 11) is 0. The average molecular weight is 281 g/mol. The molecule has 7 heteroatoms. The van der Waals surface area contributed by atoms with Gasteiger partial charge in [0.1, 0.15) is 0 Å². The van der Waals surface area contributed by atoms with E-state index in [2.05, 4.69) is 10.3 Å². The van der Waals surface area contributed by atoms with Gasteiger partial charge in [0.15, 0.2) is 5.13 Å². The number of carboxylic acid groups (broad SMARTS) is 1. The van der Waals surface area contributed by atoms with Gasteiger partial charge in [-0.2, -0.15) is 0 Å². The maximum Gasteiger partial charge on any atom is 0.323 e. The summed E-state index contributed by atoms with van der Waals surface area (Å²) in [4.78, 5) is 29.7. The Balaban J connectivity index is 1.51. The summed E-state index contributed by atoms with van der Waals surface area (Å²) >= 11 is 1.55. The maximum atomic E-state index is 11.9. The number of fused-ring (bicyclic) bond motifs is 1.